The summed E-state index contributed by atoms with van der Waals surface area (Å²) in [4.78, 5) is 5.83. The zero-order valence-corrected chi connectivity index (χ0v) is 7.74. The number of pyridine rings is 1. The zero-order chi connectivity index (χ0) is 9.97. The first-order valence-corrected chi connectivity index (χ1v) is 4.51. The number of nitrogens with two attached hydrogens (primary N) is 1. The number of hydrogen-bond acceptors (Lipinski definition) is 4. The molecule has 2 rings (SSSR count). The molecule has 2 heterocycles. The van der Waals surface area contributed by atoms with E-state index in [-0.39, 0.29) is 5.82 Å². The van der Waals surface area contributed by atoms with Crippen LogP contribution in [0.15, 0.2) is 12.3 Å². The van der Waals surface area contributed by atoms with Crippen molar-refractivity contribution in [2.45, 2.75) is 0 Å². The Morgan fingerprint density at radius 3 is 2.79 bits per heavy atom. The standard InChI is InChI=1S/C9H12FN3O/c10-8-5-7(11)6-12-9(8)13-1-3-14-4-2-13/h5-6H,1-4,11H2. The van der Waals surface area contributed by atoms with Crippen molar-refractivity contribution in [2.75, 3.05) is 36.9 Å². The Bertz CT molecular complexity index is 326. The summed E-state index contributed by atoms with van der Waals surface area (Å²) in [5, 5.41) is 0. The largest absolute Gasteiger partial charge is 0.397 e. The van der Waals surface area contributed by atoms with Crippen LogP contribution in [0, 0.1) is 5.82 Å². The SMILES string of the molecule is Nc1cnc(N2CCOCC2)c(F)c1. The van der Waals surface area contributed by atoms with Gasteiger partial charge in [-0.3, -0.25) is 0 Å². The van der Waals surface area contributed by atoms with E-state index in [1.807, 2.05) is 4.90 Å². The molecule has 1 saturated heterocycles. The summed E-state index contributed by atoms with van der Waals surface area (Å²) in [6.07, 6.45) is 1.47. The van der Waals surface area contributed by atoms with E-state index in [0.717, 1.165) is 0 Å². The van der Waals surface area contributed by atoms with Crippen molar-refractivity contribution in [2.24, 2.45) is 0 Å². The molecular formula is C9H12FN3O. The smallest absolute Gasteiger partial charge is 0.167 e. The van der Waals surface area contributed by atoms with Gasteiger partial charge in [-0.2, -0.15) is 0 Å². The number of nitrogens with zero attached hydrogens (tertiary/aromatic N) is 2. The van der Waals surface area contributed by atoms with Gasteiger partial charge in [-0.25, -0.2) is 9.37 Å². The lowest BCUT2D eigenvalue weighted by Crippen LogP contribution is -2.37. The van der Waals surface area contributed by atoms with Crippen LogP contribution in [0.3, 0.4) is 0 Å². The molecule has 1 aromatic heterocycles. The maximum Gasteiger partial charge on any atom is 0.167 e. The lowest BCUT2D eigenvalue weighted by Gasteiger charge is -2.27. The van der Waals surface area contributed by atoms with E-state index in [4.69, 9.17) is 10.5 Å². The van der Waals surface area contributed by atoms with E-state index in [0.29, 0.717) is 37.8 Å². The van der Waals surface area contributed by atoms with E-state index in [1.54, 1.807) is 0 Å². The fraction of sp³-hybridized carbons (Fsp3) is 0.444. The van der Waals surface area contributed by atoms with Crippen molar-refractivity contribution in [3.05, 3.63) is 18.1 Å². The van der Waals surface area contributed by atoms with Gasteiger partial charge in [0.1, 0.15) is 0 Å². The minimum atomic E-state index is -0.369. The summed E-state index contributed by atoms with van der Waals surface area (Å²) in [6, 6.07) is 1.29. The number of aromatic nitrogens is 1. The summed E-state index contributed by atoms with van der Waals surface area (Å²) in [6.45, 7) is 2.58. The summed E-state index contributed by atoms with van der Waals surface area (Å²) in [5.74, 6) is -0.00519. The molecule has 1 fully saturated rings. The van der Waals surface area contributed by atoms with Gasteiger partial charge in [-0.15, -0.1) is 0 Å². The van der Waals surface area contributed by atoms with Crippen LogP contribution < -0.4 is 10.6 Å². The molecule has 0 atom stereocenters. The van der Waals surface area contributed by atoms with Gasteiger partial charge < -0.3 is 15.4 Å². The molecule has 14 heavy (non-hydrogen) atoms. The Kier molecular flexibility index (Phi) is 2.49. The molecule has 76 valence electrons. The van der Waals surface area contributed by atoms with Gasteiger partial charge in [-0.1, -0.05) is 0 Å². The van der Waals surface area contributed by atoms with Gasteiger partial charge >= 0.3 is 0 Å². The van der Waals surface area contributed by atoms with E-state index in [2.05, 4.69) is 4.98 Å². The number of anilines is 2. The number of halogens is 1. The van der Waals surface area contributed by atoms with Crippen LogP contribution >= 0.6 is 0 Å². The Morgan fingerprint density at radius 2 is 2.14 bits per heavy atom. The van der Waals surface area contributed by atoms with Crippen molar-refractivity contribution in [3.63, 3.8) is 0 Å². The molecule has 0 aromatic carbocycles. The number of rotatable bonds is 1. The average Bonchev–Trinajstić information content (AvgIpc) is 2.19. The third-order valence-electron chi connectivity index (χ3n) is 2.15. The highest BCUT2D eigenvalue weighted by atomic mass is 19.1. The molecule has 0 amide bonds. The highest BCUT2D eigenvalue weighted by Gasteiger charge is 2.16. The molecule has 1 aliphatic rings. The van der Waals surface area contributed by atoms with E-state index in [1.165, 1.54) is 12.3 Å². The van der Waals surface area contributed by atoms with Crippen LogP contribution in [0.5, 0.6) is 0 Å². The van der Waals surface area contributed by atoms with Gasteiger partial charge in [-0.05, 0) is 0 Å². The third kappa shape index (κ3) is 1.77. The monoisotopic (exact) mass is 197 g/mol. The van der Waals surface area contributed by atoms with E-state index < -0.39 is 0 Å². The van der Waals surface area contributed by atoms with Crippen LogP contribution in [0.25, 0.3) is 0 Å². The second-order valence-electron chi connectivity index (χ2n) is 3.17. The van der Waals surface area contributed by atoms with E-state index >= 15 is 0 Å². The predicted molar refractivity (Wildman–Crippen MR) is 51.6 cm³/mol. The lowest BCUT2D eigenvalue weighted by molar-refractivity contribution is 0.122. The normalized spacial score (nSPS) is 17.1. The zero-order valence-electron chi connectivity index (χ0n) is 7.74. The second kappa shape index (κ2) is 3.79. The molecule has 5 heteroatoms. The van der Waals surface area contributed by atoms with Crippen LogP contribution in [0.4, 0.5) is 15.9 Å². The molecule has 0 saturated carbocycles. The summed E-state index contributed by atoms with van der Waals surface area (Å²) in [7, 11) is 0. The van der Waals surface area contributed by atoms with E-state index in [9.17, 15) is 4.39 Å². The molecular weight excluding hydrogens is 185 g/mol. The Hall–Kier alpha value is -1.36. The second-order valence-corrected chi connectivity index (χ2v) is 3.17. The number of ether oxygens (including phenoxy) is 1. The van der Waals surface area contributed by atoms with Gasteiger partial charge in [0.15, 0.2) is 11.6 Å². The van der Waals surface area contributed by atoms with Crippen molar-refractivity contribution in [1.82, 2.24) is 4.98 Å². The van der Waals surface area contributed by atoms with Crippen LogP contribution in [-0.4, -0.2) is 31.3 Å². The first kappa shape index (κ1) is 9.21. The minimum absolute atomic E-state index is 0.347. The summed E-state index contributed by atoms with van der Waals surface area (Å²) < 4.78 is 18.6. The van der Waals surface area contributed by atoms with Gasteiger partial charge in [0, 0.05) is 19.2 Å². The Morgan fingerprint density at radius 1 is 1.43 bits per heavy atom. The maximum atomic E-state index is 13.4. The quantitative estimate of drug-likeness (QED) is 0.717. The third-order valence-corrected chi connectivity index (χ3v) is 2.15. The first-order chi connectivity index (χ1) is 6.77. The van der Waals surface area contributed by atoms with Crippen molar-refractivity contribution in [3.8, 4) is 0 Å². The Balaban J connectivity index is 2.22. The topological polar surface area (TPSA) is 51.4 Å². The number of hydrogen-bond donors (Lipinski definition) is 1. The van der Waals surface area contributed by atoms with Crippen LogP contribution in [-0.2, 0) is 4.74 Å². The van der Waals surface area contributed by atoms with Crippen LogP contribution in [0.1, 0.15) is 0 Å². The molecule has 0 bridgehead atoms. The molecule has 0 unspecified atom stereocenters. The predicted octanol–water partition coefficient (Wildman–Crippen LogP) is 0.639. The fourth-order valence-electron chi connectivity index (χ4n) is 1.45. The number of nitrogen functional groups attached to an aromatic ring is 1. The fourth-order valence-corrected chi connectivity index (χ4v) is 1.45. The van der Waals surface area contributed by atoms with Crippen molar-refractivity contribution in [1.29, 1.82) is 0 Å². The molecule has 4 nitrogen and oxygen atoms in total. The first-order valence-electron chi connectivity index (χ1n) is 4.51. The molecule has 2 N–H and O–H groups in total. The minimum Gasteiger partial charge on any atom is -0.397 e. The van der Waals surface area contributed by atoms with Gasteiger partial charge in [0.2, 0.25) is 0 Å². The van der Waals surface area contributed by atoms with Gasteiger partial charge in [0.05, 0.1) is 25.1 Å². The van der Waals surface area contributed by atoms with Crippen molar-refractivity contribution >= 4 is 11.5 Å². The molecule has 1 aromatic rings. The summed E-state index contributed by atoms with van der Waals surface area (Å²) >= 11 is 0. The lowest BCUT2D eigenvalue weighted by atomic mass is 10.3. The highest BCUT2D eigenvalue weighted by Crippen LogP contribution is 2.18. The molecule has 0 aliphatic carbocycles. The van der Waals surface area contributed by atoms with Crippen LogP contribution in [0.2, 0.25) is 0 Å². The molecule has 0 spiro atoms. The summed E-state index contributed by atoms with van der Waals surface area (Å²) in [5.41, 5.74) is 5.76. The molecule has 0 radical (unpaired) electrons. The van der Waals surface area contributed by atoms with Gasteiger partial charge in [0.25, 0.3) is 0 Å². The van der Waals surface area contributed by atoms with Crippen molar-refractivity contribution < 1.29 is 9.13 Å². The average molecular weight is 197 g/mol. The Labute approximate surface area is 81.5 Å². The highest BCUT2D eigenvalue weighted by molar-refractivity contribution is 5.47. The molecule has 1 aliphatic heterocycles. The number of morpholine rings is 1. The maximum absolute atomic E-state index is 13.4.